The number of thioether (sulfide) groups is 1. The second kappa shape index (κ2) is 8.00. The van der Waals surface area contributed by atoms with Crippen molar-refractivity contribution < 1.29 is 18.0 Å². The average Bonchev–Trinajstić information content (AvgIpc) is 3.05. The van der Waals surface area contributed by atoms with Crippen LogP contribution in [0.15, 0.2) is 41.7 Å². The third-order valence-corrected chi connectivity index (χ3v) is 5.37. The average molecular weight is 429 g/mol. The number of hydrogen-bond donors (Lipinski definition) is 1. The molecular weight excluding hydrogens is 413 g/mol. The van der Waals surface area contributed by atoms with Crippen LogP contribution in [0.1, 0.15) is 25.0 Å². The maximum Gasteiger partial charge on any atom is 0.417 e. The molecule has 0 aliphatic carbocycles. The highest BCUT2D eigenvalue weighted by Gasteiger charge is 2.32. The number of nitrogens with one attached hydrogen (secondary N) is 1. The first kappa shape index (κ1) is 20.5. The van der Waals surface area contributed by atoms with E-state index in [1.54, 1.807) is 19.1 Å². The number of halogens is 4. The molecule has 0 bridgehead atoms. The Morgan fingerprint density at radius 1 is 1.29 bits per heavy atom. The molecule has 0 saturated heterocycles. The zero-order chi connectivity index (χ0) is 20.5. The molecule has 10 heteroatoms. The van der Waals surface area contributed by atoms with Crippen molar-refractivity contribution in [1.82, 2.24) is 14.6 Å². The number of carbonyl (C=O) groups excluding carboxylic acids is 1. The van der Waals surface area contributed by atoms with Crippen molar-refractivity contribution in [1.29, 1.82) is 0 Å². The van der Waals surface area contributed by atoms with Gasteiger partial charge in [-0.25, -0.2) is 0 Å². The molecule has 5 nitrogen and oxygen atoms in total. The lowest BCUT2D eigenvalue weighted by Gasteiger charge is -2.12. The van der Waals surface area contributed by atoms with Crippen LogP contribution in [-0.4, -0.2) is 25.8 Å². The fraction of sp³-hybridized carbons (Fsp3) is 0.278. The van der Waals surface area contributed by atoms with Gasteiger partial charge in [0, 0.05) is 11.9 Å². The van der Waals surface area contributed by atoms with E-state index in [9.17, 15) is 18.0 Å². The number of carbonyl (C=O) groups is 1. The predicted octanol–water partition coefficient (Wildman–Crippen LogP) is 5.08. The number of benzene rings is 1. The summed E-state index contributed by atoms with van der Waals surface area (Å²) in [4.78, 5) is 12.4. The van der Waals surface area contributed by atoms with E-state index in [1.165, 1.54) is 0 Å². The lowest BCUT2D eigenvalue weighted by molar-refractivity contribution is -0.137. The van der Waals surface area contributed by atoms with Gasteiger partial charge in [0.1, 0.15) is 0 Å². The minimum absolute atomic E-state index is 0.0972. The molecule has 1 N–H and O–H groups in total. The van der Waals surface area contributed by atoms with Gasteiger partial charge in [0.15, 0.2) is 10.8 Å². The number of rotatable bonds is 5. The topological polar surface area (TPSA) is 59.3 Å². The van der Waals surface area contributed by atoms with Crippen LogP contribution in [-0.2, 0) is 17.4 Å². The molecule has 3 aromatic rings. The van der Waals surface area contributed by atoms with Crippen molar-refractivity contribution in [2.45, 2.75) is 36.9 Å². The van der Waals surface area contributed by atoms with Crippen molar-refractivity contribution >= 4 is 40.6 Å². The Morgan fingerprint density at radius 2 is 1.96 bits per heavy atom. The minimum atomic E-state index is -4.56. The van der Waals surface area contributed by atoms with Crippen LogP contribution in [0.5, 0.6) is 0 Å². The Hall–Kier alpha value is -2.26. The van der Waals surface area contributed by atoms with Gasteiger partial charge in [-0.2, -0.15) is 13.2 Å². The molecule has 28 heavy (non-hydrogen) atoms. The smallest absolute Gasteiger partial charge is 0.325 e. The van der Waals surface area contributed by atoms with E-state index >= 15 is 0 Å². The fourth-order valence-electron chi connectivity index (χ4n) is 2.45. The van der Waals surface area contributed by atoms with Crippen LogP contribution >= 0.6 is 23.4 Å². The summed E-state index contributed by atoms with van der Waals surface area (Å²) in [7, 11) is 0. The van der Waals surface area contributed by atoms with E-state index in [0.717, 1.165) is 40.4 Å². The molecule has 148 valence electrons. The first-order valence-electron chi connectivity index (χ1n) is 8.37. The summed E-state index contributed by atoms with van der Waals surface area (Å²) < 4.78 is 40.3. The SMILES string of the molecule is CCc1ccc(NC(=O)C(C)Sc2nnc3c(Cl)cc(C(F)(F)F)cn23)cc1. The van der Waals surface area contributed by atoms with Gasteiger partial charge in [0.25, 0.3) is 0 Å². The van der Waals surface area contributed by atoms with Gasteiger partial charge < -0.3 is 5.32 Å². The molecule has 0 saturated carbocycles. The van der Waals surface area contributed by atoms with E-state index in [0.29, 0.717) is 5.69 Å². The summed E-state index contributed by atoms with van der Waals surface area (Å²) in [5.74, 6) is -0.302. The van der Waals surface area contributed by atoms with Gasteiger partial charge >= 0.3 is 6.18 Å². The summed E-state index contributed by atoms with van der Waals surface area (Å²) in [5, 5.41) is 9.83. The van der Waals surface area contributed by atoms with Gasteiger partial charge in [-0.15, -0.1) is 10.2 Å². The Bertz CT molecular complexity index is 1000. The molecule has 0 aliphatic rings. The van der Waals surface area contributed by atoms with Crippen LogP contribution in [0.4, 0.5) is 18.9 Å². The molecule has 2 aromatic heterocycles. The Kier molecular flexibility index (Phi) is 5.85. The molecule has 0 spiro atoms. The highest BCUT2D eigenvalue weighted by Crippen LogP contribution is 2.34. The van der Waals surface area contributed by atoms with E-state index < -0.39 is 17.0 Å². The van der Waals surface area contributed by atoms with E-state index in [2.05, 4.69) is 15.5 Å². The highest BCUT2D eigenvalue weighted by atomic mass is 35.5. The molecule has 0 aliphatic heterocycles. The second-order valence-corrected chi connectivity index (χ2v) is 7.77. The number of aryl methyl sites for hydroxylation is 1. The van der Waals surface area contributed by atoms with Crippen LogP contribution in [0.3, 0.4) is 0 Å². The first-order valence-corrected chi connectivity index (χ1v) is 9.62. The van der Waals surface area contributed by atoms with Gasteiger partial charge in [-0.1, -0.05) is 42.4 Å². The van der Waals surface area contributed by atoms with Crippen LogP contribution < -0.4 is 5.32 Å². The van der Waals surface area contributed by atoms with Crippen molar-refractivity contribution in [2.24, 2.45) is 0 Å². The Labute approximate surface area is 168 Å². The fourth-order valence-corrected chi connectivity index (χ4v) is 3.52. The number of alkyl halides is 3. The molecule has 1 unspecified atom stereocenters. The Balaban J connectivity index is 1.79. The number of amides is 1. The first-order chi connectivity index (χ1) is 13.2. The lowest BCUT2D eigenvalue weighted by atomic mass is 10.1. The van der Waals surface area contributed by atoms with Gasteiger partial charge in [-0.3, -0.25) is 9.20 Å². The number of hydrogen-bond acceptors (Lipinski definition) is 4. The maximum absolute atomic E-state index is 13.0. The third-order valence-electron chi connectivity index (χ3n) is 4.04. The highest BCUT2D eigenvalue weighted by molar-refractivity contribution is 8.00. The second-order valence-electron chi connectivity index (χ2n) is 6.05. The zero-order valence-electron chi connectivity index (χ0n) is 14.9. The van der Waals surface area contributed by atoms with Crippen LogP contribution in [0, 0.1) is 0 Å². The molecule has 0 fully saturated rings. The molecular formula is C18H16ClF3N4OS. The van der Waals surface area contributed by atoms with E-state index in [4.69, 9.17) is 11.6 Å². The van der Waals surface area contributed by atoms with Gasteiger partial charge in [0.05, 0.1) is 15.8 Å². The summed E-state index contributed by atoms with van der Waals surface area (Å²) in [6, 6.07) is 8.24. The largest absolute Gasteiger partial charge is 0.417 e. The molecule has 0 radical (unpaired) electrons. The van der Waals surface area contributed by atoms with Crippen molar-refractivity contribution in [2.75, 3.05) is 5.32 Å². The quantitative estimate of drug-likeness (QED) is 0.575. The molecule has 1 aromatic carbocycles. The number of fused-ring (bicyclic) bond motifs is 1. The lowest BCUT2D eigenvalue weighted by Crippen LogP contribution is -2.22. The number of pyridine rings is 1. The molecule has 3 rings (SSSR count). The zero-order valence-corrected chi connectivity index (χ0v) is 16.5. The summed E-state index contributed by atoms with van der Waals surface area (Å²) in [6.45, 7) is 3.67. The maximum atomic E-state index is 13.0. The minimum Gasteiger partial charge on any atom is -0.325 e. The van der Waals surface area contributed by atoms with Gasteiger partial charge in [0.2, 0.25) is 5.91 Å². The van der Waals surface area contributed by atoms with E-state index in [1.807, 2.05) is 19.1 Å². The normalized spacial score (nSPS) is 12.9. The molecule has 2 heterocycles. The van der Waals surface area contributed by atoms with Crippen molar-refractivity contribution in [3.05, 3.63) is 52.7 Å². The number of nitrogens with zero attached hydrogens (tertiary/aromatic N) is 3. The number of aromatic nitrogens is 3. The monoisotopic (exact) mass is 428 g/mol. The standard InChI is InChI=1S/C18H16ClF3N4OS/c1-3-11-4-6-13(7-5-11)23-16(27)10(2)28-17-25-24-15-14(19)8-12(9-26(15)17)18(20,21)22/h4-10H,3H2,1-2H3,(H,23,27). The summed E-state index contributed by atoms with van der Waals surface area (Å²) >= 11 is 6.89. The number of anilines is 1. The van der Waals surface area contributed by atoms with Crippen LogP contribution in [0.2, 0.25) is 5.02 Å². The molecule has 1 amide bonds. The summed E-state index contributed by atoms with van der Waals surface area (Å²) in [6.07, 6.45) is -2.79. The molecule has 1 atom stereocenters. The van der Waals surface area contributed by atoms with Crippen LogP contribution in [0.25, 0.3) is 5.65 Å². The Morgan fingerprint density at radius 3 is 2.57 bits per heavy atom. The third kappa shape index (κ3) is 4.41. The van der Waals surface area contributed by atoms with Gasteiger partial charge in [-0.05, 0) is 37.1 Å². The van der Waals surface area contributed by atoms with Crippen molar-refractivity contribution in [3.8, 4) is 0 Å². The summed E-state index contributed by atoms with van der Waals surface area (Å²) in [5.41, 5.74) is 0.968. The van der Waals surface area contributed by atoms with E-state index in [-0.39, 0.29) is 21.7 Å². The predicted molar refractivity (Wildman–Crippen MR) is 103 cm³/mol. The van der Waals surface area contributed by atoms with Crippen molar-refractivity contribution in [3.63, 3.8) is 0 Å².